The molecule has 2 amide bonds. The van der Waals surface area contributed by atoms with Crippen molar-refractivity contribution >= 4 is 11.8 Å². The number of aliphatic hydroxyl groups is 1. The number of hydrogen-bond acceptors (Lipinski definition) is 5. The van der Waals surface area contributed by atoms with Crippen molar-refractivity contribution in [1.82, 2.24) is 20.5 Å². The molecule has 1 heterocycles. The maximum absolute atomic E-state index is 14.2. The molecular weight excluding hydrogens is 538 g/mol. The number of hydrogen-bond donors (Lipinski definition) is 3. The quantitative estimate of drug-likeness (QED) is 0.249. The number of nitrogens with one attached hydrogen (secondary N) is 2. The zero-order valence-electron chi connectivity index (χ0n) is 25.3. The van der Waals surface area contributed by atoms with E-state index in [0.717, 1.165) is 36.2 Å². The van der Waals surface area contributed by atoms with E-state index in [1.54, 1.807) is 23.1 Å². The van der Waals surface area contributed by atoms with Crippen molar-refractivity contribution in [2.75, 3.05) is 19.6 Å². The summed E-state index contributed by atoms with van der Waals surface area (Å²) in [4.78, 5) is 33.1. The van der Waals surface area contributed by atoms with E-state index in [9.17, 15) is 23.5 Å². The monoisotopic (exact) mass is 584 g/mol. The van der Waals surface area contributed by atoms with Crippen LogP contribution >= 0.6 is 0 Å². The third-order valence-electron chi connectivity index (χ3n) is 7.39. The molecule has 0 aliphatic heterocycles. The number of aliphatic hydroxyl groups excluding tert-OH is 1. The number of carbonyl (C=O) groups excluding carboxylic acids is 2. The molecule has 2 aromatic rings. The molecule has 0 saturated heterocycles. The first kappa shape index (κ1) is 33.3. The molecule has 0 saturated carbocycles. The second-order valence-corrected chi connectivity index (χ2v) is 11.2. The summed E-state index contributed by atoms with van der Waals surface area (Å²) in [5.74, 6) is -0.593. The van der Waals surface area contributed by atoms with Gasteiger partial charge in [-0.25, -0.2) is 8.78 Å². The van der Waals surface area contributed by atoms with Crippen LogP contribution in [0.5, 0.6) is 0 Å². The fourth-order valence-electron chi connectivity index (χ4n) is 5.36. The Morgan fingerprint density at radius 2 is 1.76 bits per heavy atom. The van der Waals surface area contributed by atoms with Gasteiger partial charge >= 0.3 is 0 Å². The first-order valence-corrected chi connectivity index (χ1v) is 15.2. The lowest BCUT2D eigenvalue weighted by atomic mass is 9.90. The highest BCUT2D eigenvalue weighted by molar-refractivity contribution is 6.00. The van der Waals surface area contributed by atoms with Crippen molar-refractivity contribution < 1.29 is 23.5 Å². The molecule has 0 spiro atoms. The van der Waals surface area contributed by atoms with Crippen LogP contribution in [0.2, 0.25) is 0 Å². The van der Waals surface area contributed by atoms with Crippen molar-refractivity contribution in [2.45, 2.75) is 97.3 Å². The topological polar surface area (TPSA) is 94.6 Å². The third-order valence-corrected chi connectivity index (χ3v) is 7.39. The lowest BCUT2D eigenvalue weighted by Gasteiger charge is -2.28. The highest BCUT2D eigenvalue weighted by Crippen LogP contribution is 2.27. The Labute approximate surface area is 248 Å². The molecule has 1 aliphatic rings. The number of amides is 2. The van der Waals surface area contributed by atoms with Gasteiger partial charge < -0.3 is 20.6 Å². The maximum Gasteiger partial charge on any atom is 0.253 e. The molecule has 230 valence electrons. The van der Waals surface area contributed by atoms with E-state index in [4.69, 9.17) is 0 Å². The summed E-state index contributed by atoms with van der Waals surface area (Å²) in [6.45, 7) is 9.69. The van der Waals surface area contributed by atoms with Crippen molar-refractivity contribution in [3.05, 3.63) is 76.1 Å². The van der Waals surface area contributed by atoms with Crippen LogP contribution in [-0.4, -0.2) is 70.9 Å². The van der Waals surface area contributed by atoms with Gasteiger partial charge in [0.25, 0.3) is 11.8 Å². The molecule has 42 heavy (non-hydrogen) atoms. The van der Waals surface area contributed by atoms with Gasteiger partial charge in [0.15, 0.2) is 0 Å². The van der Waals surface area contributed by atoms with Gasteiger partial charge in [-0.2, -0.15) is 0 Å². The number of nitrogens with zero attached hydrogens (tertiary/aromatic N) is 2. The molecule has 2 unspecified atom stereocenters. The summed E-state index contributed by atoms with van der Waals surface area (Å²) >= 11 is 0. The molecule has 4 atom stereocenters. The van der Waals surface area contributed by atoms with E-state index in [1.165, 1.54) is 6.08 Å². The zero-order chi connectivity index (χ0) is 30.6. The number of halogens is 2. The summed E-state index contributed by atoms with van der Waals surface area (Å²) < 4.78 is 28.3. The van der Waals surface area contributed by atoms with Gasteiger partial charge in [-0.15, -0.1) is 0 Å². The Morgan fingerprint density at radius 1 is 1.07 bits per heavy atom. The van der Waals surface area contributed by atoms with E-state index in [1.807, 2.05) is 45.9 Å². The van der Waals surface area contributed by atoms with E-state index < -0.39 is 30.4 Å². The van der Waals surface area contributed by atoms with Crippen LogP contribution in [0.3, 0.4) is 0 Å². The summed E-state index contributed by atoms with van der Waals surface area (Å²) in [6.07, 6.45) is 0.115. The summed E-state index contributed by atoms with van der Waals surface area (Å²) in [5.41, 5.74) is 3.80. The lowest BCUT2D eigenvalue weighted by Crippen LogP contribution is -2.48. The van der Waals surface area contributed by atoms with Gasteiger partial charge in [-0.05, 0) is 74.9 Å². The molecule has 1 aliphatic carbocycles. The molecule has 0 bridgehead atoms. The van der Waals surface area contributed by atoms with Crippen LogP contribution in [-0.2, 0) is 13.0 Å². The molecule has 3 rings (SSSR count). The molecule has 0 radical (unpaired) electrons. The minimum absolute atomic E-state index is 0.0639. The van der Waals surface area contributed by atoms with Gasteiger partial charge in [-0.1, -0.05) is 38.5 Å². The molecule has 7 nitrogen and oxygen atoms in total. The second kappa shape index (κ2) is 16.5. The van der Waals surface area contributed by atoms with Crippen LogP contribution in [0.25, 0.3) is 0 Å². The Balaban J connectivity index is 1.78. The van der Waals surface area contributed by atoms with Crippen molar-refractivity contribution in [2.24, 2.45) is 0 Å². The van der Waals surface area contributed by atoms with E-state index >= 15 is 0 Å². The van der Waals surface area contributed by atoms with Gasteiger partial charge in [0.1, 0.15) is 12.3 Å². The molecular formula is C33H46F2N4O3. The molecule has 1 aromatic carbocycles. The maximum atomic E-state index is 14.2. The predicted molar refractivity (Wildman–Crippen MR) is 162 cm³/mol. The van der Waals surface area contributed by atoms with E-state index in [2.05, 4.69) is 15.6 Å². The van der Waals surface area contributed by atoms with Crippen LogP contribution in [0.1, 0.15) is 90.5 Å². The molecule has 0 fully saturated rings. The Kier molecular flexibility index (Phi) is 13.1. The van der Waals surface area contributed by atoms with Crippen LogP contribution in [0.15, 0.2) is 48.0 Å². The normalized spacial score (nSPS) is 18.2. The second-order valence-electron chi connectivity index (χ2n) is 11.2. The average molecular weight is 585 g/mol. The first-order valence-electron chi connectivity index (χ1n) is 15.2. The van der Waals surface area contributed by atoms with Crippen molar-refractivity contribution in [3.63, 3.8) is 0 Å². The first-order chi connectivity index (χ1) is 20.1. The Bertz CT molecular complexity index is 1220. The molecule has 3 N–H and O–H groups in total. The highest BCUT2D eigenvalue weighted by Gasteiger charge is 2.28. The van der Waals surface area contributed by atoms with Crippen LogP contribution in [0, 0.1) is 6.92 Å². The third kappa shape index (κ3) is 9.98. The van der Waals surface area contributed by atoms with E-state index in [-0.39, 0.29) is 31.7 Å². The smallest absolute Gasteiger partial charge is 0.253 e. The lowest BCUT2D eigenvalue weighted by molar-refractivity contribution is 0.0755. The van der Waals surface area contributed by atoms with Gasteiger partial charge in [0, 0.05) is 49.4 Å². The fraction of sp³-hybridized carbons (Fsp3) is 0.545. The van der Waals surface area contributed by atoms with Crippen molar-refractivity contribution in [1.29, 1.82) is 0 Å². The minimum Gasteiger partial charge on any atom is -0.390 e. The standard InChI is InChI=1S/C33H46F2N4O3/c1-5-11-39(12-6-2)33(42)25-14-22(4)13-24(18-25)32(41)38-30(17-23-15-26(34)19-27(35)16-23)31(40)21-36-20-29-10-8-9-28(7-3)37-29/h8-10,13-15,18,26-27,30-31,36,40H,5-7,11-12,16-17,19-21H2,1-4H3,(H,38,41)/t26?,27?,30-,31+/m0/s1. The number of allylic oxidation sites excluding steroid dienone is 1. The minimum atomic E-state index is -1.40. The predicted octanol–water partition coefficient (Wildman–Crippen LogP) is 5.25. The number of aryl methyl sites for hydroxylation is 2. The largest absolute Gasteiger partial charge is 0.390 e. The zero-order valence-corrected chi connectivity index (χ0v) is 25.3. The molecule has 9 heteroatoms. The number of alkyl halides is 2. The SMILES string of the molecule is CCCN(CCC)C(=O)c1cc(C)cc(C(=O)N[C@@H](CC2=CC(F)CC(F)C2)[C@H](O)CNCc2cccc(CC)n2)c1. The van der Waals surface area contributed by atoms with Gasteiger partial charge in [-0.3, -0.25) is 14.6 Å². The van der Waals surface area contributed by atoms with Crippen molar-refractivity contribution in [3.8, 4) is 0 Å². The van der Waals surface area contributed by atoms with Gasteiger partial charge in [0.2, 0.25) is 0 Å². The van der Waals surface area contributed by atoms with E-state index in [0.29, 0.717) is 36.3 Å². The number of carbonyl (C=O) groups is 2. The Morgan fingerprint density at radius 3 is 2.43 bits per heavy atom. The number of pyridine rings is 1. The van der Waals surface area contributed by atoms with Gasteiger partial charge in [0.05, 0.1) is 17.8 Å². The highest BCUT2D eigenvalue weighted by atomic mass is 19.1. The average Bonchev–Trinajstić information content (AvgIpc) is 2.95. The summed E-state index contributed by atoms with van der Waals surface area (Å²) in [5, 5.41) is 17.2. The fourth-order valence-corrected chi connectivity index (χ4v) is 5.36. The Hall–Kier alpha value is -3.17. The van der Waals surface area contributed by atoms with Crippen LogP contribution in [0.4, 0.5) is 8.78 Å². The number of rotatable bonds is 15. The van der Waals surface area contributed by atoms with Crippen LogP contribution < -0.4 is 10.6 Å². The molecule has 1 aromatic heterocycles. The summed E-state index contributed by atoms with van der Waals surface area (Å²) in [6, 6.07) is 10.0. The number of benzene rings is 1. The summed E-state index contributed by atoms with van der Waals surface area (Å²) in [7, 11) is 0. The number of aromatic nitrogens is 1.